The van der Waals surface area contributed by atoms with Gasteiger partial charge >= 0.3 is 5.97 Å². The maximum Gasteiger partial charge on any atom is 0.304 e. The van der Waals surface area contributed by atoms with E-state index in [1.54, 1.807) is 10.9 Å². The van der Waals surface area contributed by atoms with Gasteiger partial charge in [0.05, 0.1) is 25.8 Å². The number of aliphatic hydroxyl groups is 1. The van der Waals surface area contributed by atoms with Crippen LogP contribution in [0.15, 0.2) is 12.4 Å². The fraction of sp³-hybridized carbons (Fsp3) is 0.667. The number of carbonyl (C=O) groups is 1. The standard InChI is InChI=1S/C12H19N3O3/c16-6-5-15-9-10(7-13-15)8-14(11-1-2-11)4-3-12(17)18/h7,9,11,16H,1-6,8H2,(H,17,18). The summed E-state index contributed by atoms with van der Waals surface area (Å²) in [5.74, 6) is -0.753. The van der Waals surface area contributed by atoms with Gasteiger partial charge in [0, 0.05) is 30.9 Å². The zero-order chi connectivity index (χ0) is 13.0. The predicted octanol–water partition coefficient (Wildman–Crippen LogP) is 0.314. The van der Waals surface area contributed by atoms with Crippen LogP contribution in [0.2, 0.25) is 0 Å². The van der Waals surface area contributed by atoms with Gasteiger partial charge in [0.15, 0.2) is 0 Å². The van der Waals surface area contributed by atoms with E-state index in [1.807, 2.05) is 6.20 Å². The molecule has 1 heterocycles. The first kappa shape index (κ1) is 13.0. The number of carboxylic acid groups (broad SMARTS) is 1. The average Bonchev–Trinajstić information content (AvgIpc) is 3.07. The minimum absolute atomic E-state index is 0.0759. The second-order valence-corrected chi connectivity index (χ2v) is 4.68. The maximum absolute atomic E-state index is 10.6. The molecule has 1 aromatic heterocycles. The number of carboxylic acids is 1. The Hall–Kier alpha value is -1.40. The van der Waals surface area contributed by atoms with Crippen molar-refractivity contribution in [2.45, 2.75) is 38.4 Å². The Balaban J connectivity index is 1.88. The molecule has 1 aromatic rings. The van der Waals surface area contributed by atoms with E-state index in [4.69, 9.17) is 10.2 Å². The van der Waals surface area contributed by atoms with E-state index in [0.29, 0.717) is 19.1 Å². The molecule has 1 aliphatic carbocycles. The maximum atomic E-state index is 10.6. The van der Waals surface area contributed by atoms with Crippen molar-refractivity contribution >= 4 is 5.97 Å². The van der Waals surface area contributed by atoms with Gasteiger partial charge in [-0.15, -0.1) is 0 Å². The smallest absolute Gasteiger partial charge is 0.304 e. The number of aromatic nitrogens is 2. The van der Waals surface area contributed by atoms with E-state index in [-0.39, 0.29) is 13.0 Å². The first-order valence-electron chi connectivity index (χ1n) is 6.27. The Bertz CT molecular complexity index is 401. The van der Waals surface area contributed by atoms with Crippen LogP contribution in [0.3, 0.4) is 0 Å². The summed E-state index contributed by atoms with van der Waals surface area (Å²) in [6.45, 7) is 1.90. The summed E-state index contributed by atoms with van der Waals surface area (Å²) < 4.78 is 1.71. The third-order valence-electron chi connectivity index (χ3n) is 3.08. The molecule has 2 rings (SSSR count). The van der Waals surface area contributed by atoms with Crippen LogP contribution in [-0.4, -0.2) is 50.1 Å². The normalized spacial score (nSPS) is 15.2. The highest BCUT2D eigenvalue weighted by Gasteiger charge is 2.29. The Morgan fingerprint density at radius 1 is 1.56 bits per heavy atom. The molecule has 0 radical (unpaired) electrons. The fourth-order valence-corrected chi connectivity index (χ4v) is 2.02. The number of hydrogen-bond acceptors (Lipinski definition) is 4. The van der Waals surface area contributed by atoms with E-state index in [1.165, 1.54) is 0 Å². The van der Waals surface area contributed by atoms with Crippen LogP contribution in [0.25, 0.3) is 0 Å². The third-order valence-corrected chi connectivity index (χ3v) is 3.08. The summed E-state index contributed by atoms with van der Waals surface area (Å²) >= 11 is 0. The van der Waals surface area contributed by atoms with Crippen molar-refractivity contribution in [2.24, 2.45) is 0 Å². The highest BCUT2D eigenvalue weighted by molar-refractivity contribution is 5.66. The predicted molar refractivity (Wildman–Crippen MR) is 65.0 cm³/mol. The van der Waals surface area contributed by atoms with Crippen molar-refractivity contribution in [2.75, 3.05) is 13.2 Å². The quantitative estimate of drug-likeness (QED) is 0.697. The summed E-state index contributed by atoms with van der Waals surface area (Å²) in [6, 6.07) is 0.533. The van der Waals surface area contributed by atoms with Gasteiger partial charge in [-0.1, -0.05) is 0 Å². The van der Waals surface area contributed by atoms with Crippen LogP contribution >= 0.6 is 0 Å². The highest BCUT2D eigenvalue weighted by atomic mass is 16.4. The molecule has 6 heteroatoms. The van der Waals surface area contributed by atoms with Crippen molar-refractivity contribution in [1.82, 2.24) is 14.7 Å². The van der Waals surface area contributed by atoms with E-state index in [9.17, 15) is 4.79 Å². The second-order valence-electron chi connectivity index (χ2n) is 4.68. The van der Waals surface area contributed by atoms with Gasteiger partial charge in [0.2, 0.25) is 0 Å². The van der Waals surface area contributed by atoms with Crippen molar-refractivity contribution in [1.29, 1.82) is 0 Å². The van der Waals surface area contributed by atoms with Crippen molar-refractivity contribution in [3.8, 4) is 0 Å². The molecule has 0 bridgehead atoms. The zero-order valence-corrected chi connectivity index (χ0v) is 10.3. The SMILES string of the molecule is O=C(O)CCN(Cc1cnn(CCO)c1)C1CC1. The lowest BCUT2D eigenvalue weighted by molar-refractivity contribution is -0.137. The topological polar surface area (TPSA) is 78.6 Å². The minimum atomic E-state index is -0.753. The first-order chi connectivity index (χ1) is 8.69. The molecule has 2 N–H and O–H groups in total. The van der Waals surface area contributed by atoms with E-state index in [0.717, 1.165) is 24.9 Å². The molecule has 18 heavy (non-hydrogen) atoms. The van der Waals surface area contributed by atoms with Gasteiger partial charge in [-0.3, -0.25) is 14.4 Å². The van der Waals surface area contributed by atoms with Crippen molar-refractivity contribution < 1.29 is 15.0 Å². The number of aliphatic hydroxyl groups excluding tert-OH is 1. The van der Waals surface area contributed by atoms with Gasteiger partial charge in [0.25, 0.3) is 0 Å². The van der Waals surface area contributed by atoms with Crippen molar-refractivity contribution in [3.05, 3.63) is 18.0 Å². The third kappa shape index (κ3) is 3.82. The summed E-state index contributed by atoms with van der Waals surface area (Å²) in [5.41, 5.74) is 1.07. The number of hydrogen-bond donors (Lipinski definition) is 2. The lowest BCUT2D eigenvalue weighted by Crippen LogP contribution is -2.28. The summed E-state index contributed by atoms with van der Waals surface area (Å²) in [6.07, 6.45) is 6.19. The summed E-state index contributed by atoms with van der Waals surface area (Å²) in [5, 5.41) is 21.7. The molecule has 100 valence electrons. The van der Waals surface area contributed by atoms with Crippen LogP contribution in [0.4, 0.5) is 0 Å². The molecule has 1 aliphatic rings. The monoisotopic (exact) mass is 253 g/mol. The number of rotatable bonds is 8. The summed E-state index contributed by atoms with van der Waals surface area (Å²) in [4.78, 5) is 12.8. The number of aliphatic carboxylic acids is 1. The Labute approximate surface area is 106 Å². The van der Waals surface area contributed by atoms with Crippen LogP contribution in [0.1, 0.15) is 24.8 Å². The molecule has 1 saturated carbocycles. The molecule has 1 fully saturated rings. The molecule has 0 aliphatic heterocycles. The molecule has 0 spiro atoms. The van der Waals surface area contributed by atoms with Gasteiger partial charge in [-0.2, -0.15) is 5.10 Å². The molecule has 0 unspecified atom stereocenters. The Morgan fingerprint density at radius 3 is 2.94 bits per heavy atom. The van der Waals surface area contributed by atoms with Crippen molar-refractivity contribution in [3.63, 3.8) is 0 Å². The average molecular weight is 253 g/mol. The Kier molecular flexibility index (Phi) is 4.33. The zero-order valence-electron chi connectivity index (χ0n) is 10.3. The van der Waals surface area contributed by atoms with Crippen LogP contribution in [0.5, 0.6) is 0 Å². The van der Waals surface area contributed by atoms with Crippen LogP contribution in [-0.2, 0) is 17.9 Å². The molecule has 0 amide bonds. The van der Waals surface area contributed by atoms with E-state index in [2.05, 4.69) is 10.00 Å². The molecular weight excluding hydrogens is 234 g/mol. The molecule has 0 aromatic carbocycles. The number of nitrogens with zero attached hydrogens (tertiary/aromatic N) is 3. The lowest BCUT2D eigenvalue weighted by Gasteiger charge is -2.20. The van der Waals surface area contributed by atoms with Gasteiger partial charge in [0.1, 0.15) is 0 Å². The fourth-order valence-electron chi connectivity index (χ4n) is 2.02. The molecule has 6 nitrogen and oxygen atoms in total. The van der Waals surface area contributed by atoms with Crippen LogP contribution < -0.4 is 0 Å². The van der Waals surface area contributed by atoms with Crippen LogP contribution in [0, 0.1) is 0 Å². The highest BCUT2D eigenvalue weighted by Crippen LogP contribution is 2.28. The summed E-state index contributed by atoms with van der Waals surface area (Å²) in [7, 11) is 0. The van der Waals surface area contributed by atoms with E-state index < -0.39 is 5.97 Å². The second kappa shape index (κ2) is 5.97. The van der Waals surface area contributed by atoms with Gasteiger partial charge in [-0.25, -0.2) is 0 Å². The van der Waals surface area contributed by atoms with Gasteiger partial charge < -0.3 is 10.2 Å². The van der Waals surface area contributed by atoms with E-state index >= 15 is 0 Å². The minimum Gasteiger partial charge on any atom is -0.481 e. The largest absolute Gasteiger partial charge is 0.481 e. The lowest BCUT2D eigenvalue weighted by atomic mass is 10.3. The molecular formula is C12H19N3O3. The molecule has 0 saturated heterocycles. The first-order valence-corrected chi connectivity index (χ1v) is 6.27. The molecule has 0 atom stereocenters. The Morgan fingerprint density at radius 2 is 2.33 bits per heavy atom. The van der Waals surface area contributed by atoms with Gasteiger partial charge in [-0.05, 0) is 12.8 Å².